The summed E-state index contributed by atoms with van der Waals surface area (Å²) in [5.74, 6) is 0. The minimum atomic E-state index is 0.275. The van der Waals surface area contributed by atoms with Crippen LogP contribution in [0.1, 0.15) is 40.5 Å². The Morgan fingerprint density at radius 2 is 1.93 bits per heavy atom. The van der Waals surface area contributed by atoms with Crippen LogP contribution in [-0.2, 0) is 0 Å². The first kappa shape index (κ1) is 14.9. The molecule has 3 nitrogen and oxygen atoms in total. The van der Waals surface area contributed by atoms with E-state index >= 15 is 0 Å². The van der Waals surface area contributed by atoms with Gasteiger partial charge in [0.25, 0.3) is 0 Å². The predicted molar refractivity (Wildman–Crippen MR) is 66.2 cm³/mol. The van der Waals surface area contributed by atoms with Gasteiger partial charge in [0.15, 0.2) is 0 Å². The van der Waals surface area contributed by atoms with Crippen molar-refractivity contribution in [3.05, 3.63) is 0 Å². The number of hydrogen-bond donors (Lipinski definition) is 2. The Morgan fingerprint density at radius 3 is 2.33 bits per heavy atom. The molecule has 0 fully saturated rings. The maximum atomic E-state index is 9.00. The zero-order valence-electron chi connectivity index (χ0n) is 10.8. The second-order valence-electron chi connectivity index (χ2n) is 4.34. The lowest BCUT2D eigenvalue weighted by Crippen LogP contribution is -2.44. The highest BCUT2D eigenvalue weighted by Gasteiger charge is 2.13. The van der Waals surface area contributed by atoms with Crippen LogP contribution in [0, 0.1) is 0 Å². The fourth-order valence-electron chi connectivity index (χ4n) is 1.75. The van der Waals surface area contributed by atoms with Gasteiger partial charge in [0, 0.05) is 25.2 Å². The summed E-state index contributed by atoms with van der Waals surface area (Å²) in [5, 5.41) is 12.5. The van der Waals surface area contributed by atoms with Crippen LogP contribution in [0.25, 0.3) is 0 Å². The average Bonchev–Trinajstić information content (AvgIpc) is 2.21. The van der Waals surface area contributed by atoms with Gasteiger partial charge >= 0.3 is 0 Å². The van der Waals surface area contributed by atoms with Gasteiger partial charge in [-0.25, -0.2) is 0 Å². The first-order valence-corrected chi connectivity index (χ1v) is 6.23. The van der Waals surface area contributed by atoms with Crippen molar-refractivity contribution in [3.63, 3.8) is 0 Å². The molecule has 0 amide bonds. The molecule has 0 aromatic heterocycles. The van der Waals surface area contributed by atoms with E-state index in [1.807, 2.05) is 0 Å². The second kappa shape index (κ2) is 9.13. The Hall–Kier alpha value is -0.120. The number of likely N-dealkylation sites (N-methyl/N-ethyl adjacent to an activating group) is 1. The van der Waals surface area contributed by atoms with Gasteiger partial charge in [0.2, 0.25) is 0 Å². The molecule has 3 heteroatoms. The predicted octanol–water partition coefficient (Wildman–Crippen LogP) is 1.47. The van der Waals surface area contributed by atoms with Gasteiger partial charge in [0.05, 0.1) is 0 Å². The molecule has 0 aliphatic carbocycles. The third kappa shape index (κ3) is 6.88. The highest BCUT2D eigenvalue weighted by atomic mass is 16.3. The van der Waals surface area contributed by atoms with Crippen LogP contribution in [0.3, 0.4) is 0 Å². The van der Waals surface area contributed by atoms with E-state index in [2.05, 4.69) is 37.9 Å². The zero-order chi connectivity index (χ0) is 11.7. The molecule has 0 spiro atoms. The van der Waals surface area contributed by atoms with Crippen LogP contribution in [0.2, 0.25) is 0 Å². The monoisotopic (exact) mass is 216 g/mol. The Kier molecular flexibility index (Phi) is 9.06. The standard InChI is InChI=1S/C12H28N2O/c1-5-8-13-12(7-9-15)10-14(6-2)11(3)4/h11-13,15H,5-10H2,1-4H3. The van der Waals surface area contributed by atoms with Gasteiger partial charge in [-0.2, -0.15) is 0 Å². The van der Waals surface area contributed by atoms with E-state index in [1.54, 1.807) is 0 Å². The maximum Gasteiger partial charge on any atom is 0.0446 e. The van der Waals surface area contributed by atoms with Crippen molar-refractivity contribution in [2.45, 2.75) is 52.6 Å². The van der Waals surface area contributed by atoms with Crippen LogP contribution in [0.4, 0.5) is 0 Å². The molecular formula is C12H28N2O. The quantitative estimate of drug-likeness (QED) is 0.612. The number of nitrogens with zero attached hydrogens (tertiary/aromatic N) is 1. The van der Waals surface area contributed by atoms with Crippen molar-refractivity contribution in [1.82, 2.24) is 10.2 Å². The van der Waals surface area contributed by atoms with E-state index in [1.165, 1.54) is 0 Å². The molecule has 1 atom stereocenters. The molecule has 0 saturated heterocycles. The number of aliphatic hydroxyl groups is 1. The Bertz CT molecular complexity index is 140. The first-order chi connectivity index (χ1) is 7.15. The van der Waals surface area contributed by atoms with Gasteiger partial charge in [0.1, 0.15) is 0 Å². The van der Waals surface area contributed by atoms with Crippen molar-refractivity contribution >= 4 is 0 Å². The van der Waals surface area contributed by atoms with Gasteiger partial charge < -0.3 is 10.4 Å². The zero-order valence-corrected chi connectivity index (χ0v) is 10.8. The Labute approximate surface area is 94.9 Å². The van der Waals surface area contributed by atoms with Crippen molar-refractivity contribution in [1.29, 1.82) is 0 Å². The third-order valence-corrected chi connectivity index (χ3v) is 2.75. The molecule has 2 N–H and O–H groups in total. The van der Waals surface area contributed by atoms with Crippen molar-refractivity contribution in [2.75, 3.05) is 26.2 Å². The number of hydrogen-bond acceptors (Lipinski definition) is 3. The fourth-order valence-corrected chi connectivity index (χ4v) is 1.75. The summed E-state index contributed by atoms with van der Waals surface area (Å²) in [6.07, 6.45) is 2.00. The molecular weight excluding hydrogens is 188 g/mol. The van der Waals surface area contributed by atoms with E-state index in [0.29, 0.717) is 12.1 Å². The molecule has 0 heterocycles. The molecule has 0 rings (SSSR count). The maximum absolute atomic E-state index is 9.00. The van der Waals surface area contributed by atoms with Crippen molar-refractivity contribution < 1.29 is 5.11 Å². The molecule has 1 unspecified atom stereocenters. The lowest BCUT2D eigenvalue weighted by atomic mass is 10.1. The molecule has 0 aliphatic rings. The smallest absolute Gasteiger partial charge is 0.0446 e. The molecule has 92 valence electrons. The van der Waals surface area contributed by atoms with Gasteiger partial charge in [-0.3, -0.25) is 4.90 Å². The molecule has 0 radical (unpaired) electrons. The van der Waals surface area contributed by atoms with Crippen LogP contribution < -0.4 is 5.32 Å². The normalized spacial score (nSPS) is 13.8. The van der Waals surface area contributed by atoms with Crippen molar-refractivity contribution in [3.8, 4) is 0 Å². The summed E-state index contributed by atoms with van der Waals surface area (Å²) in [7, 11) is 0. The topological polar surface area (TPSA) is 35.5 Å². The molecule has 0 bridgehead atoms. The van der Waals surface area contributed by atoms with Crippen LogP contribution in [-0.4, -0.2) is 48.3 Å². The van der Waals surface area contributed by atoms with Crippen molar-refractivity contribution in [2.24, 2.45) is 0 Å². The van der Waals surface area contributed by atoms with E-state index in [4.69, 9.17) is 5.11 Å². The van der Waals surface area contributed by atoms with E-state index in [-0.39, 0.29) is 6.61 Å². The van der Waals surface area contributed by atoms with Crippen LogP contribution in [0.5, 0.6) is 0 Å². The van der Waals surface area contributed by atoms with E-state index in [0.717, 1.165) is 32.5 Å². The summed E-state index contributed by atoms with van der Waals surface area (Å²) in [6, 6.07) is 1.01. The fraction of sp³-hybridized carbons (Fsp3) is 1.00. The van der Waals surface area contributed by atoms with Gasteiger partial charge in [-0.15, -0.1) is 0 Å². The average molecular weight is 216 g/mol. The van der Waals surface area contributed by atoms with Gasteiger partial charge in [-0.1, -0.05) is 13.8 Å². The highest BCUT2D eigenvalue weighted by Crippen LogP contribution is 2.02. The SMILES string of the molecule is CCCNC(CCO)CN(CC)C(C)C. The molecule has 0 aliphatic heterocycles. The summed E-state index contributed by atoms with van der Waals surface area (Å²) in [5.41, 5.74) is 0. The number of rotatable bonds is 9. The van der Waals surface area contributed by atoms with Crippen LogP contribution in [0.15, 0.2) is 0 Å². The lowest BCUT2D eigenvalue weighted by Gasteiger charge is -2.30. The third-order valence-electron chi connectivity index (χ3n) is 2.75. The van der Waals surface area contributed by atoms with E-state index in [9.17, 15) is 0 Å². The Morgan fingerprint density at radius 1 is 1.27 bits per heavy atom. The molecule has 0 aromatic rings. The number of aliphatic hydroxyl groups excluding tert-OH is 1. The number of nitrogens with one attached hydrogen (secondary N) is 1. The summed E-state index contributed by atoms with van der Waals surface area (Å²) >= 11 is 0. The minimum Gasteiger partial charge on any atom is -0.396 e. The van der Waals surface area contributed by atoms with Crippen LogP contribution >= 0.6 is 0 Å². The summed E-state index contributed by atoms with van der Waals surface area (Å²) in [6.45, 7) is 12.2. The summed E-state index contributed by atoms with van der Waals surface area (Å²) in [4.78, 5) is 2.43. The molecule has 0 aromatic carbocycles. The highest BCUT2D eigenvalue weighted by molar-refractivity contribution is 4.73. The lowest BCUT2D eigenvalue weighted by molar-refractivity contribution is 0.185. The second-order valence-corrected chi connectivity index (χ2v) is 4.34. The van der Waals surface area contributed by atoms with E-state index < -0.39 is 0 Å². The minimum absolute atomic E-state index is 0.275. The summed E-state index contributed by atoms with van der Waals surface area (Å²) < 4.78 is 0. The first-order valence-electron chi connectivity index (χ1n) is 6.23. The van der Waals surface area contributed by atoms with Gasteiger partial charge in [-0.05, 0) is 39.8 Å². The molecule has 0 saturated carbocycles. The largest absolute Gasteiger partial charge is 0.396 e. The Balaban J connectivity index is 3.99. The molecule has 15 heavy (non-hydrogen) atoms.